The number of urea groups is 1. The number of primary amides is 1. The van der Waals surface area contributed by atoms with Gasteiger partial charge in [0.05, 0.1) is 5.02 Å². The first kappa shape index (κ1) is 16.3. The van der Waals surface area contributed by atoms with Crippen LogP contribution in [-0.2, 0) is 11.3 Å². The van der Waals surface area contributed by atoms with Crippen LogP contribution in [-0.4, -0.2) is 24.6 Å². The van der Waals surface area contributed by atoms with Crippen molar-refractivity contribution in [2.45, 2.75) is 26.5 Å². The minimum Gasteiger partial charge on any atom is -0.479 e. The van der Waals surface area contributed by atoms with Crippen LogP contribution in [0.4, 0.5) is 4.79 Å². The zero-order valence-corrected chi connectivity index (χ0v) is 12.2. The zero-order chi connectivity index (χ0) is 15.1. The van der Waals surface area contributed by atoms with Gasteiger partial charge in [-0.2, -0.15) is 0 Å². The van der Waals surface area contributed by atoms with Gasteiger partial charge in [0.25, 0.3) is 5.91 Å². The molecular formula is C13H18ClN3O3. The molecule has 0 aliphatic heterocycles. The van der Waals surface area contributed by atoms with Crippen molar-refractivity contribution in [3.63, 3.8) is 0 Å². The third-order valence-corrected chi connectivity index (χ3v) is 2.79. The lowest BCUT2D eigenvalue weighted by molar-refractivity contribution is -0.126. The molecule has 3 amide bonds. The van der Waals surface area contributed by atoms with E-state index in [1.807, 2.05) is 18.3 Å². The lowest BCUT2D eigenvalue weighted by atomic mass is 10.2. The second kappa shape index (κ2) is 7.72. The van der Waals surface area contributed by atoms with E-state index in [2.05, 4.69) is 5.32 Å². The fourth-order valence-electron chi connectivity index (χ4n) is 1.49. The average Bonchev–Trinajstić information content (AvgIpc) is 2.38. The highest BCUT2D eigenvalue weighted by atomic mass is 35.5. The van der Waals surface area contributed by atoms with Gasteiger partial charge in [-0.05, 0) is 31.2 Å². The van der Waals surface area contributed by atoms with E-state index in [1.165, 1.54) is 6.92 Å². The molecule has 1 atom stereocenters. The molecule has 1 aromatic carbocycles. The molecule has 0 aliphatic carbocycles. The van der Waals surface area contributed by atoms with Crippen molar-refractivity contribution in [2.24, 2.45) is 5.73 Å². The van der Waals surface area contributed by atoms with Gasteiger partial charge in [-0.1, -0.05) is 24.6 Å². The highest BCUT2D eigenvalue weighted by Gasteiger charge is 2.17. The second-order valence-corrected chi connectivity index (χ2v) is 4.57. The van der Waals surface area contributed by atoms with Gasteiger partial charge in [0.2, 0.25) is 0 Å². The van der Waals surface area contributed by atoms with Crippen LogP contribution >= 0.6 is 11.6 Å². The van der Waals surface area contributed by atoms with Crippen molar-refractivity contribution in [1.82, 2.24) is 10.6 Å². The van der Waals surface area contributed by atoms with Crippen LogP contribution in [0.15, 0.2) is 18.2 Å². The monoisotopic (exact) mass is 299 g/mol. The molecule has 4 N–H and O–H groups in total. The standard InChI is InChI=1S/C13H18ClN3O3/c1-3-16-7-9-4-5-11(10(14)6-9)20-8(2)12(18)17-13(15)19/h4-6,8,16H,3,7H2,1-2H3,(H3,15,17,18,19). The number of hydrogen-bond donors (Lipinski definition) is 3. The molecule has 1 aromatic rings. The first-order valence-electron chi connectivity index (χ1n) is 6.20. The summed E-state index contributed by atoms with van der Waals surface area (Å²) in [7, 11) is 0. The summed E-state index contributed by atoms with van der Waals surface area (Å²) in [5.41, 5.74) is 5.87. The van der Waals surface area contributed by atoms with E-state index in [9.17, 15) is 9.59 Å². The Morgan fingerprint density at radius 2 is 2.15 bits per heavy atom. The number of imide groups is 1. The number of benzene rings is 1. The molecule has 0 aromatic heterocycles. The Bertz CT molecular complexity index is 494. The number of amides is 3. The maximum atomic E-state index is 11.5. The number of nitrogens with two attached hydrogens (primary N) is 1. The van der Waals surface area contributed by atoms with Gasteiger partial charge in [-0.3, -0.25) is 10.1 Å². The minimum atomic E-state index is -0.919. The molecule has 0 aliphatic rings. The molecule has 0 saturated heterocycles. The van der Waals surface area contributed by atoms with Crippen LogP contribution < -0.4 is 21.1 Å². The Kier molecular flexibility index (Phi) is 6.27. The highest BCUT2D eigenvalue weighted by molar-refractivity contribution is 6.32. The van der Waals surface area contributed by atoms with Gasteiger partial charge in [-0.15, -0.1) is 0 Å². The first-order valence-corrected chi connectivity index (χ1v) is 6.58. The van der Waals surface area contributed by atoms with Crippen LogP contribution in [0, 0.1) is 0 Å². The maximum Gasteiger partial charge on any atom is 0.318 e. The summed E-state index contributed by atoms with van der Waals surface area (Å²) < 4.78 is 5.40. The van der Waals surface area contributed by atoms with Crippen molar-refractivity contribution >= 4 is 23.5 Å². The predicted octanol–water partition coefficient (Wildman–Crippen LogP) is 1.41. The fraction of sp³-hybridized carbons (Fsp3) is 0.385. The second-order valence-electron chi connectivity index (χ2n) is 4.16. The number of carbonyl (C=O) groups excluding carboxylic acids is 2. The smallest absolute Gasteiger partial charge is 0.318 e. The molecule has 7 heteroatoms. The Hall–Kier alpha value is -1.79. The summed E-state index contributed by atoms with van der Waals surface area (Å²) in [5.74, 6) is -0.246. The van der Waals surface area contributed by atoms with E-state index in [0.717, 1.165) is 12.1 Å². The van der Waals surface area contributed by atoms with Gasteiger partial charge in [0, 0.05) is 6.54 Å². The zero-order valence-electron chi connectivity index (χ0n) is 11.4. The van der Waals surface area contributed by atoms with Crippen LogP contribution in [0.3, 0.4) is 0 Å². The summed E-state index contributed by atoms with van der Waals surface area (Å²) in [6.07, 6.45) is -0.875. The topological polar surface area (TPSA) is 93.4 Å². The summed E-state index contributed by atoms with van der Waals surface area (Å²) in [4.78, 5) is 22.1. The molecule has 0 heterocycles. The Morgan fingerprint density at radius 3 is 2.70 bits per heavy atom. The van der Waals surface area contributed by atoms with Crippen molar-refractivity contribution in [1.29, 1.82) is 0 Å². The summed E-state index contributed by atoms with van der Waals surface area (Å²) >= 11 is 6.09. The van der Waals surface area contributed by atoms with Crippen LogP contribution in [0.2, 0.25) is 5.02 Å². The van der Waals surface area contributed by atoms with E-state index >= 15 is 0 Å². The number of ether oxygens (including phenoxy) is 1. The lowest BCUT2D eigenvalue weighted by Gasteiger charge is -2.15. The van der Waals surface area contributed by atoms with Gasteiger partial charge >= 0.3 is 6.03 Å². The molecule has 0 spiro atoms. The van der Waals surface area contributed by atoms with Crippen molar-refractivity contribution in [3.05, 3.63) is 28.8 Å². The maximum absolute atomic E-state index is 11.5. The number of carbonyl (C=O) groups is 2. The Balaban J connectivity index is 2.68. The summed E-state index contributed by atoms with van der Waals surface area (Å²) in [5, 5.41) is 5.52. The SMILES string of the molecule is CCNCc1ccc(OC(C)C(=O)NC(N)=O)c(Cl)c1. The van der Waals surface area contributed by atoms with Crippen molar-refractivity contribution in [2.75, 3.05) is 6.54 Å². The number of halogens is 1. The highest BCUT2D eigenvalue weighted by Crippen LogP contribution is 2.26. The number of hydrogen-bond acceptors (Lipinski definition) is 4. The molecule has 1 unspecified atom stereocenters. The van der Waals surface area contributed by atoms with Crippen LogP contribution in [0.5, 0.6) is 5.75 Å². The van der Waals surface area contributed by atoms with E-state index in [1.54, 1.807) is 12.1 Å². The number of nitrogens with one attached hydrogen (secondary N) is 2. The molecule has 0 bridgehead atoms. The van der Waals surface area contributed by atoms with Gasteiger partial charge < -0.3 is 15.8 Å². The normalized spacial score (nSPS) is 11.8. The fourth-order valence-corrected chi connectivity index (χ4v) is 1.73. The predicted molar refractivity (Wildman–Crippen MR) is 76.6 cm³/mol. The molecule has 0 fully saturated rings. The van der Waals surface area contributed by atoms with Crippen molar-refractivity contribution in [3.8, 4) is 5.75 Å². The van der Waals surface area contributed by atoms with Crippen LogP contribution in [0.1, 0.15) is 19.4 Å². The van der Waals surface area contributed by atoms with E-state index in [4.69, 9.17) is 22.1 Å². The van der Waals surface area contributed by atoms with E-state index in [0.29, 0.717) is 17.3 Å². The molecule has 110 valence electrons. The third-order valence-electron chi connectivity index (χ3n) is 2.49. The van der Waals surface area contributed by atoms with E-state index in [-0.39, 0.29) is 0 Å². The average molecular weight is 300 g/mol. The first-order chi connectivity index (χ1) is 9.43. The van der Waals surface area contributed by atoms with Gasteiger partial charge in [0.1, 0.15) is 5.75 Å². The summed E-state index contributed by atoms with van der Waals surface area (Å²) in [6, 6.07) is 4.38. The molecule has 1 rings (SSSR count). The summed E-state index contributed by atoms with van der Waals surface area (Å²) in [6.45, 7) is 5.08. The van der Waals surface area contributed by atoms with Gasteiger partial charge in [0.15, 0.2) is 6.10 Å². The molecule has 6 nitrogen and oxygen atoms in total. The lowest BCUT2D eigenvalue weighted by Crippen LogP contribution is -2.42. The Labute approximate surface area is 122 Å². The third kappa shape index (κ3) is 5.07. The molecular weight excluding hydrogens is 282 g/mol. The molecule has 0 saturated carbocycles. The van der Waals surface area contributed by atoms with Gasteiger partial charge in [-0.25, -0.2) is 4.79 Å². The number of rotatable bonds is 6. The molecule has 20 heavy (non-hydrogen) atoms. The minimum absolute atomic E-state index is 0.374. The Morgan fingerprint density at radius 1 is 1.45 bits per heavy atom. The molecule has 0 radical (unpaired) electrons. The quantitative estimate of drug-likeness (QED) is 0.740. The van der Waals surface area contributed by atoms with Crippen molar-refractivity contribution < 1.29 is 14.3 Å². The van der Waals surface area contributed by atoms with Crippen LogP contribution in [0.25, 0.3) is 0 Å². The largest absolute Gasteiger partial charge is 0.479 e. The van der Waals surface area contributed by atoms with E-state index < -0.39 is 18.0 Å².